The van der Waals surface area contributed by atoms with Gasteiger partial charge in [-0.15, -0.1) is 0 Å². The third-order valence-electron chi connectivity index (χ3n) is 3.82. The smallest absolute Gasteiger partial charge is 0.317 e. The average molecular weight is 284 g/mol. The van der Waals surface area contributed by atoms with Crippen LogP contribution in [0.25, 0.3) is 0 Å². The third-order valence-corrected chi connectivity index (χ3v) is 3.82. The number of piperidine rings is 1. The number of likely N-dealkylation sites (tertiary alicyclic amines) is 1. The largest absolute Gasteiger partial charge is 0.481 e. The predicted molar refractivity (Wildman–Crippen MR) is 78.6 cm³/mol. The molecule has 1 saturated heterocycles. The fourth-order valence-electron chi connectivity index (χ4n) is 2.72. The van der Waals surface area contributed by atoms with Gasteiger partial charge in [-0.3, -0.25) is 4.79 Å². The van der Waals surface area contributed by atoms with Crippen LogP contribution in [0.2, 0.25) is 0 Å². The summed E-state index contributed by atoms with van der Waals surface area (Å²) in [5.74, 6) is -0.771. The van der Waals surface area contributed by atoms with Crippen LogP contribution < -0.4 is 5.32 Å². The lowest BCUT2D eigenvalue weighted by Gasteiger charge is -2.40. The second-order valence-corrected chi connectivity index (χ2v) is 7.08. The maximum atomic E-state index is 12.2. The molecule has 0 aromatic carbocycles. The Bertz CT molecular complexity index is 359. The number of hydrogen-bond acceptors (Lipinski definition) is 2. The standard InChI is InChI=1S/C15H28N2O3/c1-5-7-15(12(18)19)8-6-9-17(11-15)13(20)16-10-14(2,3)4/h5-11H2,1-4H3,(H,16,20)(H,18,19). The van der Waals surface area contributed by atoms with Gasteiger partial charge < -0.3 is 15.3 Å². The number of nitrogens with zero attached hydrogens (tertiary/aromatic N) is 1. The van der Waals surface area contributed by atoms with Gasteiger partial charge in [-0.25, -0.2) is 4.79 Å². The van der Waals surface area contributed by atoms with Crippen LogP contribution in [0.1, 0.15) is 53.4 Å². The van der Waals surface area contributed by atoms with E-state index in [9.17, 15) is 14.7 Å². The summed E-state index contributed by atoms with van der Waals surface area (Å²) in [6, 6.07) is -0.138. The summed E-state index contributed by atoms with van der Waals surface area (Å²) < 4.78 is 0. The van der Waals surface area contributed by atoms with Crippen molar-refractivity contribution in [1.29, 1.82) is 0 Å². The molecule has 2 N–H and O–H groups in total. The van der Waals surface area contributed by atoms with Crippen molar-refractivity contribution in [2.45, 2.75) is 53.4 Å². The van der Waals surface area contributed by atoms with Gasteiger partial charge in [0.05, 0.1) is 5.41 Å². The Kier molecular flexibility index (Phi) is 5.42. The summed E-state index contributed by atoms with van der Waals surface area (Å²) >= 11 is 0. The number of carboxylic acid groups (broad SMARTS) is 1. The van der Waals surface area contributed by atoms with Crippen molar-refractivity contribution >= 4 is 12.0 Å². The van der Waals surface area contributed by atoms with Crippen LogP contribution in [-0.4, -0.2) is 41.6 Å². The second-order valence-electron chi connectivity index (χ2n) is 7.08. The maximum Gasteiger partial charge on any atom is 0.317 e. The minimum atomic E-state index is -0.771. The molecule has 1 unspecified atom stereocenters. The van der Waals surface area contributed by atoms with E-state index in [-0.39, 0.29) is 11.4 Å². The van der Waals surface area contributed by atoms with Crippen LogP contribution in [-0.2, 0) is 4.79 Å². The highest BCUT2D eigenvalue weighted by Crippen LogP contribution is 2.35. The van der Waals surface area contributed by atoms with E-state index in [4.69, 9.17) is 0 Å². The fraction of sp³-hybridized carbons (Fsp3) is 0.867. The molecule has 1 aliphatic heterocycles. The molecule has 0 spiro atoms. The summed E-state index contributed by atoms with van der Waals surface area (Å²) in [6.45, 7) is 9.73. The molecule has 116 valence electrons. The van der Waals surface area contributed by atoms with Crippen molar-refractivity contribution in [3.63, 3.8) is 0 Å². The first kappa shape index (κ1) is 16.8. The van der Waals surface area contributed by atoms with Gasteiger partial charge in [0.1, 0.15) is 0 Å². The molecular formula is C15H28N2O3. The van der Waals surface area contributed by atoms with E-state index in [1.165, 1.54) is 0 Å². The van der Waals surface area contributed by atoms with Gasteiger partial charge in [-0.2, -0.15) is 0 Å². The lowest BCUT2D eigenvalue weighted by molar-refractivity contribution is -0.152. The van der Waals surface area contributed by atoms with E-state index < -0.39 is 11.4 Å². The number of carbonyl (C=O) groups excluding carboxylic acids is 1. The maximum absolute atomic E-state index is 12.2. The number of amides is 2. The van der Waals surface area contributed by atoms with E-state index in [1.54, 1.807) is 4.90 Å². The average Bonchev–Trinajstić information content (AvgIpc) is 2.35. The van der Waals surface area contributed by atoms with Crippen LogP contribution in [0.15, 0.2) is 0 Å². The third kappa shape index (κ3) is 4.39. The van der Waals surface area contributed by atoms with Crippen LogP contribution in [0.4, 0.5) is 4.79 Å². The van der Waals surface area contributed by atoms with Gasteiger partial charge in [-0.1, -0.05) is 34.1 Å². The molecule has 1 rings (SSSR count). The van der Waals surface area contributed by atoms with Gasteiger partial charge in [0.25, 0.3) is 0 Å². The molecule has 0 aromatic heterocycles. The lowest BCUT2D eigenvalue weighted by Crippen LogP contribution is -2.53. The first-order valence-corrected chi connectivity index (χ1v) is 7.46. The number of aliphatic carboxylic acids is 1. The van der Waals surface area contributed by atoms with E-state index in [1.807, 2.05) is 6.92 Å². The minimum Gasteiger partial charge on any atom is -0.481 e. The molecule has 1 fully saturated rings. The fourth-order valence-corrected chi connectivity index (χ4v) is 2.72. The SMILES string of the molecule is CCCC1(C(=O)O)CCCN(C(=O)NCC(C)(C)C)C1. The molecule has 5 heteroatoms. The summed E-state index contributed by atoms with van der Waals surface area (Å²) in [6.07, 6.45) is 2.88. The molecule has 0 bridgehead atoms. The molecule has 0 radical (unpaired) electrons. The highest BCUT2D eigenvalue weighted by Gasteiger charge is 2.42. The van der Waals surface area contributed by atoms with Crippen LogP contribution in [0, 0.1) is 10.8 Å². The van der Waals surface area contributed by atoms with Crippen molar-refractivity contribution in [2.75, 3.05) is 19.6 Å². The highest BCUT2D eigenvalue weighted by molar-refractivity contribution is 5.78. The Labute approximate surface area is 121 Å². The quantitative estimate of drug-likeness (QED) is 0.834. The molecule has 20 heavy (non-hydrogen) atoms. The van der Waals surface area contributed by atoms with Gasteiger partial charge in [0.2, 0.25) is 0 Å². The van der Waals surface area contributed by atoms with E-state index in [0.29, 0.717) is 32.5 Å². The van der Waals surface area contributed by atoms with E-state index in [2.05, 4.69) is 26.1 Å². The number of hydrogen-bond donors (Lipinski definition) is 2. The molecule has 1 atom stereocenters. The van der Waals surface area contributed by atoms with Crippen molar-refractivity contribution in [3.05, 3.63) is 0 Å². The number of rotatable bonds is 4. The zero-order valence-electron chi connectivity index (χ0n) is 13.2. The molecule has 0 aliphatic carbocycles. The van der Waals surface area contributed by atoms with Gasteiger partial charge in [0, 0.05) is 19.6 Å². The highest BCUT2D eigenvalue weighted by atomic mass is 16.4. The first-order chi connectivity index (χ1) is 9.20. The number of carbonyl (C=O) groups is 2. The zero-order chi connectivity index (χ0) is 15.4. The van der Waals surface area contributed by atoms with Gasteiger partial charge in [-0.05, 0) is 24.7 Å². The molecule has 1 aliphatic rings. The van der Waals surface area contributed by atoms with Crippen molar-refractivity contribution < 1.29 is 14.7 Å². The summed E-state index contributed by atoms with van der Waals surface area (Å²) in [5, 5.41) is 12.4. The monoisotopic (exact) mass is 284 g/mol. The van der Waals surface area contributed by atoms with Crippen molar-refractivity contribution in [2.24, 2.45) is 10.8 Å². The molecule has 0 aromatic rings. The first-order valence-electron chi connectivity index (χ1n) is 7.46. The molecule has 2 amide bonds. The molecule has 1 heterocycles. The van der Waals surface area contributed by atoms with Crippen LogP contribution in [0.5, 0.6) is 0 Å². The number of carboxylic acids is 1. The van der Waals surface area contributed by atoms with Gasteiger partial charge >= 0.3 is 12.0 Å². The zero-order valence-corrected chi connectivity index (χ0v) is 13.2. The number of nitrogens with one attached hydrogen (secondary N) is 1. The lowest BCUT2D eigenvalue weighted by atomic mass is 9.76. The molecular weight excluding hydrogens is 256 g/mol. The minimum absolute atomic E-state index is 0.0265. The Morgan fingerprint density at radius 2 is 2.00 bits per heavy atom. The normalized spacial score (nSPS) is 23.5. The summed E-state index contributed by atoms with van der Waals surface area (Å²) in [5.41, 5.74) is -0.731. The molecule has 0 saturated carbocycles. The Balaban J connectivity index is 2.68. The van der Waals surface area contributed by atoms with E-state index >= 15 is 0 Å². The Hall–Kier alpha value is -1.26. The van der Waals surface area contributed by atoms with Crippen LogP contribution >= 0.6 is 0 Å². The Morgan fingerprint density at radius 3 is 2.50 bits per heavy atom. The molecule has 5 nitrogen and oxygen atoms in total. The van der Waals surface area contributed by atoms with Crippen LogP contribution in [0.3, 0.4) is 0 Å². The number of urea groups is 1. The summed E-state index contributed by atoms with van der Waals surface area (Å²) in [7, 11) is 0. The second kappa shape index (κ2) is 6.46. The van der Waals surface area contributed by atoms with Gasteiger partial charge in [0.15, 0.2) is 0 Å². The topological polar surface area (TPSA) is 69.6 Å². The Morgan fingerprint density at radius 1 is 1.35 bits per heavy atom. The van der Waals surface area contributed by atoms with Crippen molar-refractivity contribution in [1.82, 2.24) is 10.2 Å². The summed E-state index contributed by atoms with van der Waals surface area (Å²) in [4.78, 5) is 25.4. The van der Waals surface area contributed by atoms with E-state index in [0.717, 1.165) is 12.8 Å². The predicted octanol–water partition coefficient (Wildman–Crippen LogP) is 2.71. The van der Waals surface area contributed by atoms with Crippen molar-refractivity contribution in [3.8, 4) is 0 Å².